The molecule has 0 aromatic heterocycles. The highest BCUT2D eigenvalue weighted by Crippen LogP contribution is 2.53. The Kier molecular flexibility index (Phi) is 13.2. The number of nitrogens with zero attached hydrogens (tertiary/aromatic N) is 6. The Morgan fingerprint density at radius 3 is 0.798 bits per heavy atom. The van der Waals surface area contributed by atoms with Crippen LogP contribution in [0.2, 0.25) is 0 Å². The largest absolute Gasteiger partial charge is 0.416 e. The molecule has 94 heavy (non-hydrogen) atoms. The van der Waals surface area contributed by atoms with Crippen LogP contribution in [0.1, 0.15) is 11.1 Å². The Labute approximate surface area is 540 Å². The maximum atomic E-state index is 14.9. The molecule has 14 heteroatoms. The lowest BCUT2D eigenvalue weighted by molar-refractivity contribution is -0.138. The van der Waals surface area contributed by atoms with Gasteiger partial charge in [-0.05, 0) is 197 Å². The van der Waals surface area contributed by atoms with Crippen LogP contribution in [0.5, 0.6) is 0 Å². The predicted molar refractivity (Wildman–Crippen MR) is 374 cm³/mol. The van der Waals surface area contributed by atoms with Gasteiger partial charge >= 0.3 is 12.4 Å². The van der Waals surface area contributed by atoms with Gasteiger partial charge in [0.1, 0.15) is 0 Å². The van der Waals surface area contributed by atoms with Crippen molar-refractivity contribution >= 4 is 149 Å². The molecule has 0 atom stereocenters. The van der Waals surface area contributed by atoms with Gasteiger partial charge in [-0.3, -0.25) is 0 Å². The number of alkyl halides is 6. The first-order chi connectivity index (χ1) is 45.9. The van der Waals surface area contributed by atoms with Gasteiger partial charge in [0, 0.05) is 91.0 Å². The summed E-state index contributed by atoms with van der Waals surface area (Å²) in [4.78, 5) is 13.2. The maximum Gasteiger partial charge on any atom is 0.416 e. The summed E-state index contributed by atoms with van der Waals surface area (Å²) in [6.45, 7) is -0.952. The van der Waals surface area contributed by atoms with E-state index in [0.717, 1.165) is 137 Å². The highest BCUT2D eigenvalue weighted by molar-refractivity contribution is 7.03. The number of halogens is 6. The van der Waals surface area contributed by atoms with Crippen LogP contribution >= 0.6 is 0 Å². The van der Waals surface area contributed by atoms with Crippen LogP contribution in [0.3, 0.4) is 0 Å². The van der Waals surface area contributed by atoms with E-state index in [1.807, 2.05) is 109 Å². The van der Waals surface area contributed by atoms with Crippen LogP contribution in [-0.4, -0.2) is 13.4 Å². The molecule has 0 fully saturated rings. The lowest BCUT2D eigenvalue weighted by Crippen LogP contribution is -2.65. The van der Waals surface area contributed by atoms with Crippen molar-refractivity contribution in [3.63, 3.8) is 0 Å². The number of fused-ring (bicyclic) bond motifs is 8. The second-order valence-corrected chi connectivity index (χ2v) is 23.9. The average Bonchev–Trinajstić information content (AvgIpc) is 0.692. The van der Waals surface area contributed by atoms with E-state index >= 15 is 0 Å². The molecule has 0 aliphatic carbocycles. The number of hydrogen-bond donors (Lipinski definition) is 0. The predicted octanol–water partition coefficient (Wildman–Crippen LogP) is 18.8. The summed E-state index contributed by atoms with van der Waals surface area (Å²) in [5.41, 5.74) is 18.3. The zero-order valence-electron chi connectivity index (χ0n) is 50.1. The highest BCUT2D eigenvalue weighted by atomic mass is 19.4. The van der Waals surface area contributed by atoms with E-state index in [9.17, 15) is 26.3 Å². The minimum atomic E-state index is -4.64. The normalized spacial score (nSPS) is 13.3. The van der Waals surface area contributed by atoms with Crippen molar-refractivity contribution in [3.05, 3.63) is 327 Å². The number of anilines is 18. The van der Waals surface area contributed by atoms with Crippen LogP contribution in [0.4, 0.5) is 129 Å². The third-order valence-electron chi connectivity index (χ3n) is 18.5. The summed E-state index contributed by atoms with van der Waals surface area (Å²) in [5, 5.41) is 0. The van der Waals surface area contributed by atoms with Gasteiger partial charge < -0.3 is 29.4 Å². The molecule has 4 heterocycles. The fraction of sp³-hybridized carbons (Fsp3) is 0.0250. The molecule has 0 amide bonds. The van der Waals surface area contributed by atoms with Crippen molar-refractivity contribution < 1.29 is 26.3 Å². The quantitative estimate of drug-likeness (QED) is 0.0997. The zero-order valence-corrected chi connectivity index (χ0v) is 50.1. The van der Waals surface area contributed by atoms with E-state index in [0.29, 0.717) is 22.7 Å². The number of benzene rings is 13. The van der Waals surface area contributed by atoms with Crippen LogP contribution in [-0.2, 0) is 12.4 Å². The molecule has 4 aliphatic rings. The van der Waals surface area contributed by atoms with Gasteiger partial charge in [0.25, 0.3) is 13.4 Å². The number of para-hydroxylation sites is 8. The van der Waals surface area contributed by atoms with E-state index in [4.69, 9.17) is 0 Å². The fourth-order valence-corrected chi connectivity index (χ4v) is 14.7. The summed E-state index contributed by atoms with van der Waals surface area (Å²) in [6, 6.07) is 102. The third-order valence-corrected chi connectivity index (χ3v) is 18.5. The van der Waals surface area contributed by atoms with Gasteiger partial charge in [0.15, 0.2) is 0 Å². The van der Waals surface area contributed by atoms with E-state index in [1.165, 1.54) is 0 Å². The molecule has 17 rings (SSSR count). The van der Waals surface area contributed by atoms with Crippen LogP contribution in [0.15, 0.2) is 315 Å². The Morgan fingerprint density at radius 1 is 0.223 bits per heavy atom. The lowest BCUT2D eigenvalue weighted by atomic mass is 9.30. The van der Waals surface area contributed by atoms with Crippen molar-refractivity contribution in [2.45, 2.75) is 12.4 Å². The van der Waals surface area contributed by atoms with Crippen molar-refractivity contribution in [2.24, 2.45) is 0 Å². The van der Waals surface area contributed by atoms with Gasteiger partial charge in [-0.25, -0.2) is 0 Å². The second-order valence-electron chi connectivity index (χ2n) is 23.9. The van der Waals surface area contributed by atoms with Crippen LogP contribution in [0, 0.1) is 0 Å². The standard InChI is InChI=1S/C80H52B2F6N6/c83-79(84,85)53-39-43-61(44-40-53)93-71-52-72-68(51-67(71)81-65-35-19-21-37-69(65)91(59-31-15-5-16-32-59)73-47-63(49-75(93)77(73)81)89(55-23-7-1-8-24-55)56-25-9-2-10-26-56)82-66-36-20-22-38-70(66)92(60-33-17-6-18-34-60)74-48-64(90(57-27-11-3-12-28-57)58-29-13-4-14-30-58)50-76(78(74)82)94(72)62-45-41-54(42-46-62)80(86,87)88/h1-52H. The maximum absolute atomic E-state index is 14.9. The molecule has 0 bridgehead atoms. The minimum absolute atomic E-state index is 0.466. The Hall–Kier alpha value is -11.6. The molecule has 0 saturated heterocycles. The molecule has 450 valence electrons. The average molecular weight is 1230 g/mol. The summed E-state index contributed by atoms with van der Waals surface area (Å²) in [7, 11) is 0. The lowest BCUT2D eigenvalue weighted by Gasteiger charge is -2.48. The minimum Gasteiger partial charge on any atom is -0.311 e. The third kappa shape index (κ3) is 9.22. The first-order valence-electron chi connectivity index (χ1n) is 31.1. The molecule has 4 aliphatic heterocycles. The molecule has 13 aromatic carbocycles. The van der Waals surface area contributed by atoms with Gasteiger partial charge in [0.05, 0.1) is 22.5 Å². The van der Waals surface area contributed by atoms with Gasteiger partial charge in [-0.1, -0.05) is 152 Å². The molecule has 0 unspecified atom stereocenters. The molecular formula is C80H52B2F6N6. The molecule has 0 N–H and O–H groups in total. The van der Waals surface area contributed by atoms with Gasteiger partial charge in [-0.2, -0.15) is 26.3 Å². The van der Waals surface area contributed by atoms with Gasteiger partial charge in [-0.15, -0.1) is 0 Å². The van der Waals surface area contributed by atoms with Crippen molar-refractivity contribution in [1.82, 2.24) is 0 Å². The Bertz CT molecular complexity index is 4640. The zero-order chi connectivity index (χ0) is 63.4. The molecule has 13 aromatic rings. The van der Waals surface area contributed by atoms with Crippen molar-refractivity contribution in [1.29, 1.82) is 0 Å². The first kappa shape index (κ1) is 56.4. The van der Waals surface area contributed by atoms with Crippen molar-refractivity contribution in [2.75, 3.05) is 29.4 Å². The summed E-state index contributed by atoms with van der Waals surface area (Å²) in [6.07, 6.45) is -9.27. The molecular weight excluding hydrogens is 1180 g/mol. The summed E-state index contributed by atoms with van der Waals surface area (Å²) < 4.78 is 89.5. The number of rotatable bonds is 10. The highest BCUT2D eigenvalue weighted by Gasteiger charge is 2.49. The molecule has 6 nitrogen and oxygen atoms in total. The van der Waals surface area contributed by atoms with Crippen LogP contribution in [0.25, 0.3) is 0 Å². The van der Waals surface area contributed by atoms with Crippen LogP contribution < -0.4 is 62.2 Å². The fourth-order valence-electron chi connectivity index (χ4n) is 14.7. The first-order valence-corrected chi connectivity index (χ1v) is 31.1. The van der Waals surface area contributed by atoms with E-state index in [-0.39, 0.29) is 0 Å². The Morgan fingerprint density at radius 2 is 0.489 bits per heavy atom. The SMILES string of the molecule is FC(F)(F)c1ccc(N2c3cc4c(cc3B3c5ccccc5N(c5ccccc5)c5cc(N(c6ccccc6)c6ccccc6)cc2c53)B2c3ccccc3N(c3ccccc3)c3cc(N(c5ccccc5)c5ccccc5)cc(c32)N4c2ccc(C(F)(F)F)cc2)cc1. The molecule has 0 radical (unpaired) electrons. The number of hydrogen-bond acceptors (Lipinski definition) is 6. The summed E-state index contributed by atoms with van der Waals surface area (Å²) >= 11 is 0. The van der Waals surface area contributed by atoms with E-state index < -0.39 is 36.9 Å². The molecule has 0 saturated carbocycles. The second kappa shape index (κ2) is 22.1. The van der Waals surface area contributed by atoms with Crippen molar-refractivity contribution in [3.8, 4) is 0 Å². The smallest absolute Gasteiger partial charge is 0.311 e. The van der Waals surface area contributed by atoms with E-state index in [2.05, 4.69) is 187 Å². The summed E-state index contributed by atoms with van der Waals surface area (Å²) in [5.74, 6) is 0. The monoisotopic (exact) mass is 1230 g/mol. The van der Waals surface area contributed by atoms with E-state index in [1.54, 1.807) is 24.3 Å². The Balaban J connectivity index is 1.01. The molecule has 0 spiro atoms. The topological polar surface area (TPSA) is 19.4 Å². The van der Waals surface area contributed by atoms with Gasteiger partial charge in [0.2, 0.25) is 0 Å².